The highest BCUT2D eigenvalue weighted by molar-refractivity contribution is 7.20. The number of aromatic nitrogens is 4. The van der Waals surface area contributed by atoms with Crippen LogP contribution in [0.25, 0.3) is 15.9 Å². The second kappa shape index (κ2) is 5.63. The number of H-pyrrole nitrogens is 1. The SMILES string of the molecule is CC(C)(C)c1cn2nc(NCCc3c[nH]c4ccccc34)sc2n1. The van der Waals surface area contributed by atoms with Crippen LogP contribution in [0.4, 0.5) is 5.13 Å². The number of imidazole rings is 1. The van der Waals surface area contributed by atoms with Gasteiger partial charge in [0.2, 0.25) is 10.1 Å². The number of hydrogen-bond donors (Lipinski definition) is 2. The molecule has 0 spiro atoms. The summed E-state index contributed by atoms with van der Waals surface area (Å²) >= 11 is 1.60. The minimum atomic E-state index is 0.0519. The topological polar surface area (TPSA) is 58.0 Å². The maximum Gasteiger partial charge on any atom is 0.214 e. The Kier molecular flexibility index (Phi) is 3.57. The Labute approximate surface area is 144 Å². The minimum absolute atomic E-state index is 0.0519. The Morgan fingerprint density at radius 1 is 1.25 bits per heavy atom. The molecule has 3 aromatic heterocycles. The van der Waals surface area contributed by atoms with Crippen LogP contribution in [0.2, 0.25) is 0 Å². The van der Waals surface area contributed by atoms with Crippen molar-refractivity contribution in [3.05, 3.63) is 47.9 Å². The number of para-hydroxylation sites is 1. The summed E-state index contributed by atoms with van der Waals surface area (Å²) in [5.74, 6) is 0. The number of benzene rings is 1. The quantitative estimate of drug-likeness (QED) is 0.585. The molecule has 1 aromatic carbocycles. The minimum Gasteiger partial charge on any atom is -0.361 e. The first-order chi connectivity index (χ1) is 11.5. The summed E-state index contributed by atoms with van der Waals surface area (Å²) in [5, 5.41) is 10.2. The number of rotatable bonds is 4. The number of nitrogens with zero attached hydrogens (tertiary/aromatic N) is 3. The molecule has 5 nitrogen and oxygen atoms in total. The molecule has 0 radical (unpaired) electrons. The molecule has 3 heterocycles. The van der Waals surface area contributed by atoms with E-state index in [1.54, 1.807) is 11.3 Å². The Morgan fingerprint density at radius 2 is 2.08 bits per heavy atom. The van der Waals surface area contributed by atoms with Gasteiger partial charge in [0.25, 0.3) is 0 Å². The third-order valence-corrected chi connectivity index (χ3v) is 5.04. The molecule has 24 heavy (non-hydrogen) atoms. The Bertz CT molecular complexity index is 954. The first kappa shape index (κ1) is 15.2. The van der Waals surface area contributed by atoms with Crippen LogP contribution in [0.1, 0.15) is 32.0 Å². The molecular formula is C18H21N5S. The van der Waals surface area contributed by atoms with E-state index in [4.69, 9.17) is 0 Å². The average Bonchev–Trinajstić information content (AvgIpc) is 3.19. The Hall–Kier alpha value is -2.34. The molecule has 0 saturated carbocycles. The lowest BCUT2D eigenvalue weighted by molar-refractivity contribution is 0.572. The normalized spacial score (nSPS) is 12.3. The summed E-state index contributed by atoms with van der Waals surface area (Å²) in [7, 11) is 0. The molecule has 0 fully saturated rings. The van der Waals surface area contributed by atoms with E-state index in [1.165, 1.54) is 16.5 Å². The molecule has 0 aliphatic heterocycles. The van der Waals surface area contributed by atoms with Crippen LogP contribution in [0.5, 0.6) is 0 Å². The Balaban J connectivity index is 1.44. The highest BCUT2D eigenvalue weighted by atomic mass is 32.1. The molecule has 2 N–H and O–H groups in total. The van der Waals surface area contributed by atoms with E-state index in [1.807, 2.05) is 10.7 Å². The number of aromatic amines is 1. The highest BCUT2D eigenvalue weighted by Crippen LogP contribution is 2.25. The second-order valence-corrected chi connectivity index (χ2v) is 8.00. The van der Waals surface area contributed by atoms with Gasteiger partial charge in [-0.05, 0) is 18.1 Å². The number of anilines is 1. The van der Waals surface area contributed by atoms with E-state index < -0.39 is 0 Å². The zero-order chi connectivity index (χ0) is 16.7. The smallest absolute Gasteiger partial charge is 0.214 e. The zero-order valence-electron chi connectivity index (χ0n) is 14.1. The van der Waals surface area contributed by atoms with E-state index >= 15 is 0 Å². The monoisotopic (exact) mass is 339 g/mol. The van der Waals surface area contributed by atoms with Crippen LogP contribution in [-0.2, 0) is 11.8 Å². The maximum atomic E-state index is 4.68. The lowest BCUT2D eigenvalue weighted by Gasteiger charge is -2.13. The molecule has 4 aromatic rings. The molecule has 0 atom stereocenters. The van der Waals surface area contributed by atoms with Gasteiger partial charge in [0.15, 0.2) is 0 Å². The summed E-state index contributed by atoms with van der Waals surface area (Å²) in [5.41, 5.74) is 3.65. The number of hydrogen-bond acceptors (Lipinski definition) is 4. The molecule has 0 saturated heterocycles. The molecule has 0 amide bonds. The van der Waals surface area contributed by atoms with E-state index in [9.17, 15) is 0 Å². The van der Waals surface area contributed by atoms with Crippen molar-refractivity contribution < 1.29 is 0 Å². The second-order valence-electron chi connectivity index (χ2n) is 7.05. The van der Waals surface area contributed by atoms with Gasteiger partial charge in [0, 0.05) is 29.1 Å². The van der Waals surface area contributed by atoms with E-state index in [0.717, 1.165) is 28.8 Å². The summed E-state index contributed by atoms with van der Waals surface area (Å²) in [4.78, 5) is 8.94. The Morgan fingerprint density at radius 3 is 2.88 bits per heavy atom. The first-order valence-electron chi connectivity index (χ1n) is 8.16. The highest BCUT2D eigenvalue weighted by Gasteiger charge is 2.19. The first-order valence-corrected chi connectivity index (χ1v) is 8.98. The van der Waals surface area contributed by atoms with Crippen molar-refractivity contribution in [3.63, 3.8) is 0 Å². The molecular weight excluding hydrogens is 318 g/mol. The molecule has 124 valence electrons. The van der Waals surface area contributed by atoms with Crippen LogP contribution in [0.3, 0.4) is 0 Å². The van der Waals surface area contributed by atoms with Crippen LogP contribution in [0.15, 0.2) is 36.7 Å². The van der Waals surface area contributed by atoms with Crippen LogP contribution in [-0.4, -0.2) is 26.1 Å². The van der Waals surface area contributed by atoms with E-state index in [0.29, 0.717) is 0 Å². The summed E-state index contributed by atoms with van der Waals surface area (Å²) < 4.78 is 1.87. The van der Waals surface area contributed by atoms with Gasteiger partial charge in [-0.25, -0.2) is 9.50 Å². The fourth-order valence-corrected chi connectivity index (χ4v) is 3.58. The standard InChI is InChI=1S/C18H21N5S/c1-18(2,3)15-11-23-17(21-15)24-16(22-23)19-9-8-12-10-20-14-7-5-4-6-13(12)14/h4-7,10-11,20H,8-9H2,1-3H3,(H,19,22). The van der Waals surface area contributed by atoms with Crippen molar-refractivity contribution in [2.24, 2.45) is 0 Å². The predicted molar refractivity (Wildman–Crippen MR) is 100 cm³/mol. The van der Waals surface area contributed by atoms with Gasteiger partial charge in [-0.3, -0.25) is 0 Å². The van der Waals surface area contributed by atoms with Crippen molar-refractivity contribution in [1.29, 1.82) is 0 Å². The third-order valence-electron chi connectivity index (χ3n) is 4.16. The molecule has 0 unspecified atom stereocenters. The van der Waals surface area contributed by atoms with Crippen molar-refractivity contribution in [3.8, 4) is 0 Å². The largest absolute Gasteiger partial charge is 0.361 e. The number of fused-ring (bicyclic) bond motifs is 2. The summed E-state index contributed by atoms with van der Waals surface area (Å²) in [6, 6.07) is 8.40. The van der Waals surface area contributed by atoms with Gasteiger partial charge in [-0.2, -0.15) is 0 Å². The van der Waals surface area contributed by atoms with Crippen molar-refractivity contribution >= 4 is 32.3 Å². The van der Waals surface area contributed by atoms with Gasteiger partial charge in [0.1, 0.15) is 0 Å². The average molecular weight is 339 g/mol. The van der Waals surface area contributed by atoms with Crippen LogP contribution in [0, 0.1) is 0 Å². The molecule has 6 heteroatoms. The van der Waals surface area contributed by atoms with Gasteiger partial charge < -0.3 is 10.3 Å². The van der Waals surface area contributed by atoms with Crippen LogP contribution < -0.4 is 5.32 Å². The van der Waals surface area contributed by atoms with Gasteiger partial charge in [-0.15, -0.1) is 5.10 Å². The predicted octanol–water partition coefficient (Wildman–Crippen LogP) is 4.22. The fraction of sp³-hybridized carbons (Fsp3) is 0.333. The molecule has 4 rings (SSSR count). The van der Waals surface area contributed by atoms with Gasteiger partial charge >= 0.3 is 0 Å². The number of nitrogens with one attached hydrogen (secondary N) is 2. The van der Waals surface area contributed by atoms with E-state index in [-0.39, 0.29) is 5.41 Å². The van der Waals surface area contributed by atoms with Crippen molar-refractivity contribution in [2.45, 2.75) is 32.6 Å². The van der Waals surface area contributed by atoms with Crippen molar-refractivity contribution in [1.82, 2.24) is 19.6 Å². The van der Waals surface area contributed by atoms with Crippen LogP contribution >= 0.6 is 11.3 Å². The van der Waals surface area contributed by atoms with Gasteiger partial charge in [-0.1, -0.05) is 50.3 Å². The third kappa shape index (κ3) is 2.78. The zero-order valence-corrected chi connectivity index (χ0v) is 14.9. The molecule has 0 bridgehead atoms. The molecule has 0 aliphatic rings. The summed E-state index contributed by atoms with van der Waals surface area (Å²) in [6.45, 7) is 7.35. The lowest BCUT2D eigenvalue weighted by atomic mass is 9.93. The van der Waals surface area contributed by atoms with E-state index in [2.05, 4.69) is 71.6 Å². The fourth-order valence-electron chi connectivity index (χ4n) is 2.78. The van der Waals surface area contributed by atoms with Crippen molar-refractivity contribution in [2.75, 3.05) is 11.9 Å². The maximum absolute atomic E-state index is 4.68. The van der Waals surface area contributed by atoms with Gasteiger partial charge in [0.05, 0.1) is 11.9 Å². The molecule has 0 aliphatic carbocycles. The lowest BCUT2D eigenvalue weighted by Crippen LogP contribution is -2.11. The summed E-state index contributed by atoms with van der Waals surface area (Å²) in [6.07, 6.45) is 5.08.